The molecule has 0 aliphatic carbocycles. The van der Waals surface area contributed by atoms with Gasteiger partial charge < -0.3 is 15.2 Å². The summed E-state index contributed by atoms with van der Waals surface area (Å²) in [6.07, 6.45) is 2.31. The molecular formula is C18H25FN2O3. The molecule has 2 aliphatic heterocycles. The van der Waals surface area contributed by atoms with Crippen molar-refractivity contribution in [3.05, 3.63) is 35.6 Å². The fourth-order valence-corrected chi connectivity index (χ4v) is 3.73. The summed E-state index contributed by atoms with van der Waals surface area (Å²) in [6, 6.07) is 6.63. The summed E-state index contributed by atoms with van der Waals surface area (Å²) in [5.41, 5.74) is 0.486. The van der Waals surface area contributed by atoms with Crippen LogP contribution in [0.2, 0.25) is 0 Å². The number of nitrogens with zero attached hydrogens (tertiary/aromatic N) is 1. The van der Waals surface area contributed by atoms with Gasteiger partial charge in [0.05, 0.1) is 19.3 Å². The third kappa shape index (κ3) is 4.12. The Hall–Kier alpha value is -1.50. The summed E-state index contributed by atoms with van der Waals surface area (Å²) in [5, 5.41) is 13.0. The molecule has 0 radical (unpaired) electrons. The van der Waals surface area contributed by atoms with Gasteiger partial charge in [0.25, 0.3) is 0 Å². The van der Waals surface area contributed by atoms with E-state index in [0.717, 1.165) is 19.4 Å². The molecule has 5 nitrogen and oxygen atoms in total. The molecule has 0 bridgehead atoms. The molecule has 2 heterocycles. The van der Waals surface area contributed by atoms with Crippen molar-refractivity contribution in [2.45, 2.75) is 38.0 Å². The van der Waals surface area contributed by atoms with Gasteiger partial charge in [0.15, 0.2) is 0 Å². The number of rotatable bonds is 5. The van der Waals surface area contributed by atoms with Gasteiger partial charge >= 0.3 is 0 Å². The van der Waals surface area contributed by atoms with E-state index in [1.54, 1.807) is 18.2 Å². The van der Waals surface area contributed by atoms with Crippen molar-refractivity contribution in [3.8, 4) is 0 Å². The van der Waals surface area contributed by atoms with E-state index in [4.69, 9.17) is 4.74 Å². The molecule has 1 aromatic carbocycles. The monoisotopic (exact) mass is 336 g/mol. The van der Waals surface area contributed by atoms with Crippen molar-refractivity contribution in [1.29, 1.82) is 0 Å². The van der Waals surface area contributed by atoms with E-state index in [1.807, 2.05) is 0 Å². The second-order valence-electron chi connectivity index (χ2n) is 6.64. The third-order valence-electron chi connectivity index (χ3n) is 5.05. The van der Waals surface area contributed by atoms with Gasteiger partial charge in [-0.15, -0.1) is 0 Å². The van der Waals surface area contributed by atoms with Gasteiger partial charge in [-0.25, -0.2) is 4.39 Å². The Balaban J connectivity index is 1.52. The van der Waals surface area contributed by atoms with Gasteiger partial charge in [0.2, 0.25) is 5.91 Å². The highest BCUT2D eigenvalue weighted by Gasteiger charge is 2.38. The van der Waals surface area contributed by atoms with Crippen LogP contribution < -0.4 is 5.32 Å². The van der Waals surface area contributed by atoms with Crippen molar-refractivity contribution in [2.75, 3.05) is 26.3 Å². The van der Waals surface area contributed by atoms with E-state index in [9.17, 15) is 14.3 Å². The summed E-state index contributed by atoms with van der Waals surface area (Å²) in [6.45, 7) is 2.48. The number of hydrogen-bond donors (Lipinski definition) is 2. The number of nitrogens with one attached hydrogen (secondary N) is 1. The summed E-state index contributed by atoms with van der Waals surface area (Å²) < 4.78 is 19.1. The van der Waals surface area contributed by atoms with Gasteiger partial charge in [-0.3, -0.25) is 9.69 Å². The normalized spacial score (nSPS) is 28.0. The van der Waals surface area contributed by atoms with Crippen LogP contribution in [0.1, 0.15) is 24.8 Å². The van der Waals surface area contributed by atoms with Crippen LogP contribution in [0.25, 0.3) is 0 Å². The predicted molar refractivity (Wildman–Crippen MR) is 87.8 cm³/mol. The average Bonchev–Trinajstić information content (AvgIpc) is 3.02. The first-order valence-electron chi connectivity index (χ1n) is 8.65. The molecule has 0 saturated carbocycles. The van der Waals surface area contributed by atoms with Crippen LogP contribution >= 0.6 is 0 Å². The lowest BCUT2D eigenvalue weighted by molar-refractivity contribution is -0.124. The molecular weight excluding hydrogens is 311 g/mol. The average molecular weight is 336 g/mol. The van der Waals surface area contributed by atoms with Crippen molar-refractivity contribution < 1.29 is 19.0 Å². The Bertz CT molecular complexity index is 569. The van der Waals surface area contributed by atoms with Gasteiger partial charge in [-0.1, -0.05) is 18.2 Å². The third-order valence-corrected chi connectivity index (χ3v) is 5.05. The van der Waals surface area contributed by atoms with E-state index in [0.29, 0.717) is 25.2 Å². The lowest BCUT2D eigenvalue weighted by atomic mass is 9.89. The SMILES string of the molecule is O=C(CN1CCC[C@@H]1[C@@H]1COCC[C@H]1O)NCc1ccccc1F. The zero-order chi connectivity index (χ0) is 16.9. The minimum absolute atomic E-state index is 0.0700. The zero-order valence-corrected chi connectivity index (χ0v) is 13.8. The number of aliphatic hydroxyl groups excluding tert-OH is 1. The molecule has 2 saturated heterocycles. The van der Waals surface area contributed by atoms with E-state index in [2.05, 4.69) is 10.2 Å². The molecule has 6 heteroatoms. The second-order valence-corrected chi connectivity index (χ2v) is 6.64. The number of amides is 1. The maximum absolute atomic E-state index is 13.6. The van der Waals surface area contributed by atoms with Crippen LogP contribution in [0.3, 0.4) is 0 Å². The van der Waals surface area contributed by atoms with E-state index >= 15 is 0 Å². The maximum Gasteiger partial charge on any atom is 0.234 e. The minimum Gasteiger partial charge on any atom is -0.393 e. The van der Waals surface area contributed by atoms with Crippen LogP contribution in [0, 0.1) is 11.7 Å². The molecule has 2 N–H and O–H groups in total. The van der Waals surface area contributed by atoms with Crippen molar-refractivity contribution in [1.82, 2.24) is 10.2 Å². The summed E-state index contributed by atoms with van der Waals surface area (Å²) >= 11 is 0. The molecule has 24 heavy (non-hydrogen) atoms. The smallest absolute Gasteiger partial charge is 0.234 e. The highest BCUT2D eigenvalue weighted by molar-refractivity contribution is 5.78. The number of ether oxygens (including phenoxy) is 1. The maximum atomic E-state index is 13.6. The van der Waals surface area contributed by atoms with Gasteiger partial charge in [0, 0.05) is 30.7 Å². The molecule has 0 unspecified atom stereocenters. The van der Waals surface area contributed by atoms with Crippen LogP contribution in [0.4, 0.5) is 4.39 Å². The lowest BCUT2D eigenvalue weighted by Crippen LogP contribution is -2.48. The number of benzene rings is 1. The summed E-state index contributed by atoms with van der Waals surface area (Å²) in [5.74, 6) is -0.351. The van der Waals surface area contributed by atoms with Gasteiger partial charge in [-0.05, 0) is 31.9 Å². The van der Waals surface area contributed by atoms with Crippen LogP contribution in [-0.2, 0) is 16.1 Å². The fraction of sp³-hybridized carbons (Fsp3) is 0.611. The second kappa shape index (κ2) is 8.05. The van der Waals surface area contributed by atoms with Crippen LogP contribution in [0.15, 0.2) is 24.3 Å². The summed E-state index contributed by atoms with van der Waals surface area (Å²) in [7, 11) is 0. The number of carbonyl (C=O) groups is 1. The number of halogens is 1. The molecule has 2 aliphatic rings. The number of carbonyl (C=O) groups excluding carboxylic acids is 1. The molecule has 0 spiro atoms. The molecule has 1 aromatic rings. The lowest BCUT2D eigenvalue weighted by Gasteiger charge is -2.36. The largest absolute Gasteiger partial charge is 0.393 e. The first-order valence-corrected chi connectivity index (χ1v) is 8.65. The van der Waals surface area contributed by atoms with Gasteiger partial charge in [-0.2, -0.15) is 0 Å². The van der Waals surface area contributed by atoms with Gasteiger partial charge in [0.1, 0.15) is 5.82 Å². The Morgan fingerprint density at radius 1 is 1.38 bits per heavy atom. The van der Waals surface area contributed by atoms with Crippen LogP contribution in [-0.4, -0.2) is 54.4 Å². The molecule has 2 fully saturated rings. The molecule has 1 amide bonds. The molecule has 0 aromatic heterocycles. The zero-order valence-electron chi connectivity index (χ0n) is 13.8. The first kappa shape index (κ1) is 17.3. The van der Waals surface area contributed by atoms with Crippen LogP contribution in [0.5, 0.6) is 0 Å². The Kier molecular flexibility index (Phi) is 5.81. The number of hydrogen-bond acceptors (Lipinski definition) is 4. The highest BCUT2D eigenvalue weighted by atomic mass is 19.1. The summed E-state index contributed by atoms with van der Waals surface area (Å²) in [4.78, 5) is 14.3. The standard InChI is InChI=1S/C18H25FN2O3/c19-15-5-2-1-4-13(15)10-20-18(23)11-21-8-3-6-16(21)14-12-24-9-7-17(14)22/h1-2,4-5,14,16-17,22H,3,6-12H2,(H,20,23)/t14-,16+,17+/m0/s1. The highest BCUT2D eigenvalue weighted by Crippen LogP contribution is 2.29. The Labute approximate surface area is 141 Å². The quantitative estimate of drug-likeness (QED) is 0.851. The predicted octanol–water partition coefficient (Wildman–Crippen LogP) is 1.30. The topological polar surface area (TPSA) is 61.8 Å². The first-order chi connectivity index (χ1) is 11.6. The molecule has 3 rings (SSSR count). The van der Waals surface area contributed by atoms with Crippen molar-refractivity contribution in [3.63, 3.8) is 0 Å². The fourth-order valence-electron chi connectivity index (χ4n) is 3.73. The Morgan fingerprint density at radius 3 is 3.00 bits per heavy atom. The Morgan fingerprint density at radius 2 is 2.21 bits per heavy atom. The molecule has 132 valence electrons. The number of aliphatic hydroxyl groups is 1. The van der Waals surface area contributed by atoms with E-state index < -0.39 is 0 Å². The van der Waals surface area contributed by atoms with E-state index in [-0.39, 0.29) is 42.9 Å². The number of likely N-dealkylation sites (tertiary alicyclic amines) is 1. The van der Waals surface area contributed by atoms with E-state index in [1.165, 1.54) is 6.07 Å². The van der Waals surface area contributed by atoms with Crippen molar-refractivity contribution >= 4 is 5.91 Å². The van der Waals surface area contributed by atoms with Crippen molar-refractivity contribution in [2.24, 2.45) is 5.92 Å². The molecule has 3 atom stereocenters. The minimum atomic E-state index is -0.356.